The van der Waals surface area contributed by atoms with E-state index >= 15 is 0 Å². The zero-order chi connectivity index (χ0) is 20.2. The van der Waals surface area contributed by atoms with Gasteiger partial charge in [-0.25, -0.2) is 9.97 Å². The Morgan fingerprint density at radius 1 is 1.00 bits per heavy atom. The van der Waals surface area contributed by atoms with Gasteiger partial charge in [0.25, 0.3) is 0 Å². The van der Waals surface area contributed by atoms with E-state index in [0.29, 0.717) is 44.6 Å². The maximum Gasteiger partial charge on any atom is 0.222 e. The smallest absolute Gasteiger partial charge is 0.222 e. The second-order valence-corrected chi connectivity index (χ2v) is 8.54. The molecule has 0 atom stereocenters. The summed E-state index contributed by atoms with van der Waals surface area (Å²) in [6.45, 7) is 6.22. The largest absolute Gasteiger partial charge is 0.367 e. The van der Waals surface area contributed by atoms with E-state index in [1.165, 1.54) is 12.8 Å². The van der Waals surface area contributed by atoms with Crippen LogP contribution in [0.5, 0.6) is 0 Å². The summed E-state index contributed by atoms with van der Waals surface area (Å²) in [6.07, 6.45) is 7.88. The number of aromatic nitrogens is 2. The first kappa shape index (κ1) is 19.9. The third kappa shape index (κ3) is 5.36. The van der Waals surface area contributed by atoms with Gasteiger partial charge >= 0.3 is 0 Å². The van der Waals surface area contributed by atoms with Gasteiger partial charge in [0.05, 0.1) is 0 Å². The molecule has 1 saturated carbocycles. The van der Waals surface area contributed by atoms with E-state index in [0.717, 1.165) is 44.0 Å². The summed E-state index contributed by atoms with van der Waals surface area (Å²) in [5, 5.41) is 3.44. The minimum Gasteiger partial charge on any atom is -0.367 e. The molecule has 0 spiro atoms. The lowest BCUT2D eigenvalue weighted by Crippen LogP contribution is -2.50. The number of nitrogens with zero attached hydrogens (tertiary/aromatic N) is 5. The predicted octanol–water partition coefficient (Wildman–Crippen LogP) is 1.74. The number of anilines is 2. The molecule has 2 saturated heterocycles. The molecule has 0 aromatic carbocycles. The molecule has 29 heavy (non-hydrogen) atoms. The highest BCUT2D eigenvalue weighted by Gasteiger charge is 2.25. The molecule has 2 aliphatic heterocycles. The summed E-state index contributed by atoms with van der Waals surface area (Å²) in [4.78, 5) is 38.8. The average molecular weight is 401 g/mol. The summed E-state index contributed by atoms with van der Waals surface area (Å²) < 4.78 is 0. The lowest BCUT2D eigenvalue weighted by atomic mass is 9.92. The summed E-state index contributed by atoms with van der Waals surface area (Å²) in [7, 11) is 0. The SMILES string of the molecule is CC(=O)N1CCN(C(=O)CCC2CCN(c3cc(NC4CC4)ncn3)CC2)CC1. The molecular weight excluding hydrogens is 368 g/mol. The van der Waals surface area contributed by atoms with Gasteiger partial charge in [0, 0.05) is 64.7 Å². The van der Waals surface area contributed by atoms with Crippen LogP contribution in [0.25, 0.3) is 0 Å². The van der Waals surface area contributed by atoms with Crippen molar-refractivity contribution in [3.05, 3.63) is 12.4 Å². The third-order valence-corrected chi connectivity index (χ3v) is 6.36. The van der Waals surface area contributed by atoms with Crippen molar-refractivity contribution in [2.75, 3.05) is 49.5 Å². The van der Waals surface area contributed by atoms with E-state index in [2.05, 4.69) is 26.3 Å². The van der Waals surface area contributed by atoms with Gasteiger partial charge in [-0.3, -0.25) is 9.59 Å². The maximum atomic E-state index is 12.5. The number of carbonyl (C=O) groups is 2. The Kier molecular flexibility index (Phi) is 6.16. The maximum absolute atomic E-state index is 12.5. The number of amides is 2. The number of hydrogen-bond donors (Lipinski definition) is 1. The van der Waals surface area contributed by atoms with E-state index in [-0.39, 0.29) is 11.8 Å². The number of piperidine rings is 1. The Hall–Kier alpha value is -2.38. The highest BCUT2D eigenvalue weighted by Crippen LogP contribution is 2.28. The molecule has 8 heteroatoms. The zero-order valence-electron chi connectivity index (χ0n) is 17.3. The first-order valence-electron chi connectivity index (χ1n) is 11.0. The monoisotopic (exact) mass is 400 g/mol. The molecule has 2 amide bonds. The van der Waals surface area contributed by atoms with Crippen molar-refractivity contribution >= 4 is 23.5 Å². The quantitative estimate of drug-likeness (QED) is 0.783. The molecule has 0 bridgehead atoms. The van der Waals surface area contributed by atoms with E-state index in [9.17, 15) is 9.59 Å². The minimum absolute atomic E-state index is 0.1000. The van der Waals surface area contributed by atoms with Gasteiger partial charge in [-0.15, -0.1) is 0 Å². The molecule has 3 aliphatic rings. The fourth-order valence-electron chi connectivity index (χ4n) is 4.24. The van der Waals surface area contributed by atoms with E-state index in [1.807, 2.05) is 9.80 Å². The number of rotatable bonds is 6. The van der Waals surface area contributed by atoms with Crippen molar-refractivity contribution in [2.24, 2.45) is 5.92 Å². The van der Waals surface area contributed by atoms with Gasteiger partial charge in [-0.2, -0.15) is 0 Å². The van der Waals surface area contributed by atoms with Crippen LogP contribution in [0.4, 0.5) is 11.6 Å². The Morgan fingerprint density at radius 2 is 1.69 bits per heavy atom. The molecule has 1 N–H and O–H groups in total. The van der Waals surface area contributed by atoms with Crippen LogP contribution in [-0.4, -0.2) is 76.9 Å². The van der Waals surface area contributed by atoms with Gasteiger partial charge in [0.15, 0.2) is 0 Å². The first-order valence-corrected chi connectivity index (χ1v) is 11.0. The number of piperazine rings is 1. The Balaban J connectivity index is 1.18. The molecule has 8 nitrogen and oxygen atoms in total. The summed E-state index contributed by atoms with van der Waals surface area (Å²) >= 11 is 0. The Bertz CT molecular complexity index is 722. The van der Waals surface area contributed by atoms with Crippen LogP contribution in [0.1, 0.15) is 45.4 Å². The van der Waals surface area contributed by atoms with Crippen molar-refractivity contribution in [2.45, 2.75) is 51.5 Å². The Morgan fingerprint density at radius 3 is 2.34 bits per heavy atom. The van der Waals surface area contributed by atoms with Crippen molar-refractivity contribution in [3.63, 3.8) is 0 Å². The molecule has 3 heterocycles. The molecule has 3 fully saturated rings. The van der Waals surface area contributed by atoms with Crippen LogP contribution in [0.3, 0.4) is 0 Å². The molecule has 158 valence electrons. The number of hydrogen-bond acceptors (Lipinski definition) is 6. The molecule has 1 aliphatic carbocycles. The Labute approximate surface area is 172 Å². The highest BCUT2D eigenvalue weighted by atomic mass is 16.2. The second kappa shape index (κ2) is 8.97. The average Bonchev–Trinajstić information content (AvgIpc) is 3.56. The lowest BCUT2D eigenvalue weighted by Gasteiger charge is -2.35. The van der Waals surface area contributed by atoms with Crippen molar-refractivity contribution in [1.82, 2.24) is 19.8 Å². The summed E-state index contributed by atoms with van der Waals surface area (Å²) in [6, 6.07) is 2.65. The fraction of sp³-hybridized carbons (Fsp3) is 0.714. The van der Waals surface area contributed by atoms with Crippen molar-refractivity contribution in [1.29, 1.82) is 0 Å². The van der Waals surface area contributed by atoms with Gasteiger partial charge in [-0.05, 0) is 38.0 Å². The summed E-state index contributed by atoms with van der Waals surface area (Å²) in [5.41, 5.74) is 0. The molecule has 1 aromatic heterocycles. The van der Waals surface area contributed by atoms with Crippen molar-refractivity contribution < 1.29 is 9.59 Å². The third-order valence-electron chi connectivity index (χ3n) is 6.36. The van der Waals surface area contributed by atoms with Crippen LogP contribution < -0.4 is 10.2 Å². The van der Waals surface area contributed by atoms with Crippen LogP contribution in [0, 0.1) is 5.92 Å². The second-order valence-electron chi connectivity index (χ2n) is 8.54. The van der Waals surface area contributed by atoms with Gasteiger partial charge in [-0.1, -0.05) is 0 Å². The fourth-order valence-corrected chi connectivity index (χ4v) is 4.24. The first-order chi connectivity index (χ1) is 14.1. The van der Waals surface area contributed by atoms with Crippen LogP contribution in [-0.2, 0) is 9.59 Å². The van der Waals surface area contributed by atoms with E-state index in [1.54, 1.807) is 13.3 Å². The van der Waals surface area contributed by atoms with Gasteiger partial charge in [0.1, 0.15) is 18.0 Å². The van der Waals surface area contributed by atoms with E-state index < -0.39 is 0 Å². The lowest BCUT2D eigenvalue weighted by molar-refractivity contribution is -0.138. The normalized spacial score (nSPS) is 20.7. The molecule has 0 radical (unpaired) electrons. The predicted molar refractivity (Wildman–Crippen MR) is 112 cm³/mol. The standard InChI is InChI=1S/C21H32N6O2/c1-16(28)25-10-12-27(13-11-25)21(29)5-2-17-6-8-26(9-7-17)20-14-19(22-15-23-20)24-18-3-4-18/h14-15,17-18H,2-13H2,1H3,(H,22,23,24). The highest BCUT2D eigenvalue weighted by molar-refractivity contribution is 5.77. The van der Waals surface area contributed by atoms with Crippen LogP contribution in [0.15, 0.2) is 12.4 Å². The van der Waals surface area contributed by atoms with Gasteiger partial charge in [0.2, 0.25) is 11.8 Å². The van der Waals surface area contributed by atoms with Crippen LogP contribution >= 0.6 is 0 Å². The number of carbonyl (C=O) groups excluding carboxylic acids is 2. The zero-order valence-corrected chi connectivity index (χ0v) is 17.3. The molecule has 4 rings (SSSR count). The van der Waals surface area contributed by atoms with Crippen molar-refractivity contribution in [3.8, 4) is 0 Å². The van der Waals surface area contributed by atoms with Gasteiger partial charge < -0.3 is 20.0 Å². The molecular formula is C21H32N6O2. The van der Waals surface area contributed by atoms with Crippen LogP contribution in [0.2, 0.25) is 0 Å². The molecule has 1 aromatic rings. The number of nitrogens with one attached hydrogen (secondary N) is 1. The summed E-state index contributed by atoms with van der Waals surface area (Å²) in [5.74, 6) is 2.86. The van der Waals surface area contributed by atoms with E-state index in [4.69, 9.17) is 0 Å². The molecule has 0 unspecified atom stereocenters. The minimum atomic E-state index is 0.1000. The topological polar surface area (TPSA) is 81.7 Å².